The molecule has 0 saturated carbocycles. The van der Waals surface area contributed by atoms with Gasteiger partial charge in [-0.3, -0.25) is 4.79 Å². The third kappa shape index (κ3) is 7.45. The molecule has 0 spiro atoms. The van der Waals surface area contributed by atoms with E-state index < -0.39 is 12.8 Å². The third-order valence-electron chi connectivity index (χ3n) is 4.23. The minimum atomic E-state index is -2.65. The standard InChI is InChI=1S/C28H30O6/c1-6-14-31-22-19-26(33-16-8-3)28(27(20-22)34-17-9-4)23(29)12-10-21-11-13-24(30-5)25(18-21)32-15-7-2/h6-13,18-20H,1-4,14-17H2,5H3/b12-10+/i5D3. The van der Waals surface area contributed by atoms with Gasteiger partial charge in [-0.25, -0.2) is 0 Å². The highest BCUT2D eigenvalue weighted by molar-refractivity contribution is 6.10. The SMILES string of the molecule is [2H]C([2H])([2H])Oc1ccc(/C=C/C(=O)c2c(OCC=C)cc(OCC=C)cc2OCC=C)cc1OCC=C. The molecular formula is C28H30O6. The van der Waals surface area contributed by atoms with Gasteiger partial charge < -0.3 is 23.7 Å². The third-order valence-corrected chi connectivity index (χ3v) is 4.23. The second-order valence-electron chi connectivity index (χ2n) is 6.70. The highest BCUT2D eigenvalue weighted by Gasteiger charge is 2.20. The van der Waals surface area contributed by atoms with E-state index in [0.717, 1.165) is 0 Å². The lowest BCUT2D eigenvalue weighted by molar-refractivity contribution is 0.104. The molecule has 0 saturated heterocycles. The first-order valence-electron chi connectivity index (χ1n) is 11.9. The van der Waals surface area contributed by atoms with Crippen molar-refractivity contribution < 1.29 is 32.6 Å². The van der Waals surface area contributed by atoms with Crippen molar-refractivity contribution in [1.82, 2.24) is 0 Å². The predicted octanol–water partition coefficient (Wildman–Crippen LogP) is 5.85. The molecule has 6 nitrogen and oxygen atoms in total. The van der Waals surface area contributed by atoms with E-state index in [1.165, 1.54) is 18.2 Å². The summed E-state index contributed by atoms with van der Waals surface area (Å²) in [5, 5.41) is 0. The fourth-order valence-corrected chi connectivity index (χ4v) is 2.80. The quantitative estimate of drug-likeness (QED) is 0.176. The average molecular weight is 466 g/mol. The van der Waals surface area contributed by atoms with Gasteiger partial charge in [0.25, 0.3) is 0 Å². The van der Waals surface area contributed by atoms with E-state index >= 15 is 0 Å². The van der Waals surface area contributed by atoms with Crippen LogP contribution in [0.25, 0.3) is 6.08 Å². The molecule has 178 valence electrons. The number of ether oxygens (including phenoxy) is 5. The summed E-state index contributed by atoms with van der Waals surface area (Å²) in [6.45, 7) is 15.2. The molecule has 0 unspecified atom stereocenters. The number of allylic oxidation sites excluding steroid dienone is 1. The summed E-state index contributed by atoms with van der Waals surface area (Å²) in [6.07, 6.45) is 9.12. The van der Waals surface area contributed by atoms with Crippen molar-refractivity contribution in [3.05, 3.63) is 98.2 Å². The molecule has 0 fully saturated rings. The van der Waals surface area contributed by atoms with Gasteiger partial charge in [-0.05, 0) is 23.8 Å². The summed E-state index contributed by atoms with van der Waals surface area (Å²) in [7, 11) is -2.65. The molecular weight excluding hydrogens is 432 g/mol. The molecule has 0 bridgehead atoms. The molecule has 2 rings (SSSR count). The molecule has 6 heteroatoms. The number of hydrogen-bond acceptors (Lipinski definition) is 6. The predicted molar refractivity (Wildman–Crippen MR) is 136 cm³/mol. The van der Waals surface area contributed by atoms with Crippen LogP contribution in [0.2, 0.25) is 0 Å². The summed E-state index contributed by atoms with van der Waals surface area (Å²) in [6, 6.07) is 7.80. The van der Waals surface area contributed by atoms with Gasteiger partial charge in [0.1, 0.15) is 49.2 Å². The molecule has 2 aromatic rings. The molecule has 0 atom stereocenters. The summed E-state index contributed by atoms with van der Waals surface area (Å²) in [4.78, 5) is 13.3. The van der Waals surface area contributed by atoms with Crippen LogP contribution in [0, 0.1) is 0 Å². The molecule has 0 amide bonds. The number of carbonyl (C=O) groups is 1. The first-order chi connectivity index (χ1) is 17.7. The Kier molecular flexibility index (Phi) is 8.95. The topological polar surface area (TPSA) is 63.2 Å². The van der Waals surface area contributed by atoms with Crippen LogP contribution in [-0.2, 0) is 0 Å². The summed E-state index contributed by atoms with van der Waals surface area (Å²) < 4.78 is 49.7. The van der Waals surface area contributed by atoms with E-state index in [0.29, 0.717) is 11.3 Å². The number of ketones is 1. The van der Waals surface area contributed by atoms with Crippen LogP contribution in [0.3, 0.4) is 0 Å². The van der Waals surface area contributed by atoms with Crippen LogP contribution in [0.5, 0.6) is 28.7 Å². The maximum Gasteiger partial charge on any atom is 0.193 e. The fourth-order valence-electron chi connectivity index (χ4n) is 2.80. The molecule has 0 N–H and O–H groups in total. The van der Waals surface area contributed by atoms with Crippen molar-refractivity contribution in [2.45, 2.75) is 0 Å². The summed E-state index contributed by atoms with van der Waals surface area (Å²) >= 11 is 0. The monoisotopic (exact) mass is 465 g/mol. The van der Waals surface area contributed by atoms with E-state index in [-0.39, 0.29) is 55.0 Å². The summed E-state index contributed by atoms with van der Waals surface area (Å²) in [5.74, 6) is 0.787. The highest BCUT2D eigenvalue weighted by atomic mass is 16.5. The maximum atomic E-state index is 13.3. The van der Waals surface area contributed by atoms with Crippen LogP contribution in [0.1, 0.15) is 20.0 Å². The van der Waals surface area contributed by atoms with Crippen LogP contribution >= 0.6 is 0 Å². The highest BCUT2D eigenvalue weighted by Crippen LogP contribution is 2.36. The first-order valence-corrected chi connectivity index (χ1v) is 10.4. The molecule has 0 aliphatic carbocycles. The van der Waals surface area contributed by atoms with Gasteiger partial charge in [-0.2, -0.15) is 0 Å². The Morgan fingerprint density at radius 3 is 1.91 bits per heavy atom. The Balaban J connectivity index is 2.46. The second-order valence-corrected chi connectivity index (χ2v) is 6.70. The van der Waals surface area contributed by atoms with Crippen LogP contribution in [0.4, 0.5) is 0 Å². The summed E-state index contributed by atoms with van der Waals surface area (Å²) in [5.41, 5.74) is 0.759. The zero-order chi connectivity index (χ0) is 27.3. The fraction of sp³-hybridized carbons (Fsp3) is 0.179. The van der Waals surface area contributed by atoms with E-state index in [1.54, 1.807) is 48.6 Å². The lowest BCUT2D eigenvalue weighted by Gasteiger charge is -2.16. The lowest BCUT2D eigenvalue weighted by Crippen LogP contribution is -2.08. The number of methoxy groups -OCH3 is 1. The molecule has 0 aliphatic rings. The van der Waals surface area contributed by atoms with Crippen LogP contribution in [0.15, 0.2) is 87.0 Å². The maximum absolute atomic E-state index is 13.3. The average Bonchev–Trinajstić information content (AvgIpc) is 2.86. The van der Waals surface area contributed by atoms with Crippen LogP contribution < -0.4 is 23.7 Å². The minimum Gasteiger partial charge on any atom is -0.493 e. The molecule has 0 radical (unpaired) electrons. The molecule has 0 aliphatic heterocycles. The Morgan fingerprint density at radius 2 is 1.35 bits per heavy atom. The van der Waals surface area contributed by atoms with Crippen LogP contribution in [-0.4, -0.2) is 39.2 Å². The Hall–Kier alpha value is -4.19. The number of hydrogen-bond donors (Lipinski definition) is 0. The van der Waals surface area contributed by atoms with Gasteiger partial charge in [-0.1, -0.05) is 62.8 Å². The van der Waals surface area contributed by atoms with Crippen molar-refractivity contribution in [1.29, 1.82) is 0 Å². The van der Waals surface area contributed by atoms with Gasteiger partial charge in [0.15, 0.2) is 17.3 Å². The van der Waals surface area contributed by atoms with E-state index in [2.05, 4.69) is 26.3 Å². The Morgan fingerprint density at radius 1 is 0.794 bits per heavy atom. The second kappa shape index (κ2) is 14.1. The number of carbonyl (C=O) groups excluding carboxylic acids is 1. The van der Waals surface area contributed by atoms with E-state index in [4.69, 9.17) is 27.8 Å². The van der Waals surface area contributed by atoms with Crippen molar-refractivity contribution in [2.24, 2.45) is 0 Å². The van der Waals surface area contributed by atoms with E-state index in [9.17, 15) is 4.79 Å². The van der Waals surface area contributed by atoms with Crippen molar-refractivity contribution in [3.8, 4) is 28.7 Å². The van der Waals surface area contributed by atoms with E-state index in [1.807, 2.05) is 0 Å². The Labute approximate surface area is 205 Å². The number of rotatable bonds is 16. The smallest absolute Gasteiger partial charge is 0.193 e. The molecule has 0 heterocycles. The minimum absolute atomic E-state index is 0.0423. The van der Waals surface area contributed by atoms with Gasteiger partial charge in [0.05, 0.1) is 11.2 Å². The van der Waals surface area contributed by atoms with Crippen molar-refractivity contribution in [3.63, 3.8) is 0 Å². The zero-order valence-electron chi connectivity index (χ0n) is 22.0. The largest absolute Gasteiger partial charge is 0.493 e. The zero-order valence-corrected chi connectivity index (χ0v) is 19.0. The van der Waals surface area contributed by atoms with Crippen molar-refractivity contribution >= 4 is 11.9 Å². The van der Waals surface area contributed by atoms with Gasteiger partial charge in [0.2, 0.25) is 0 Å². The molecule has 34 heavy (non-hydrogen) atoms. The number of benzene rings is 2. The van der Waals surface area contributed by atoms with Gasteiger partial charge in [-0.15, -0.1) is 0 Å². The first kappa shape index (κ1) is 21.6. The normalized spacial score (nSPS) is 11.9. The molecule has 0 aromatic heterocycles. The van der Waals surface area contributed by atoms with Gasteiger partial charge >= 0.3 is 0 Å². The van der Waals surface area contributed by atoms with Gasteiger partial charge in [0, 0.05) is 12.1 Å². The van der Waals surface area contributed by atoms with Crippen molar-refractivity contribution in [2.75, 3.05) is 33.5 Å². The Bertz CT molecular complexity index is 1120. The molecule has 2 aromatic carbocycles. The lowest BCUT2D eigenvalue weighted by atomic mass is 10.1.